The quantitative estimate of drug-likeness (QED) is 0.593. The summed E-state index contributed by atoms with van der Waals surface area (Å²) in [6.45, 7) is 1.59. The molecule has 0 radical (unpaired) electrons. The van der Waals surface area contributed by atoms with Crippen LogP contribution in [0.3, 0.4) is 0 Å². The Balaban J connectivity index is 2.63. The predicted molar refractivity (Wildman–Crippen MR) is 35.2 cm³/mol. The van der Waals surface area contributed by atoms with Crippen molar-refractivity contribution in [3.8, 4) is 0 Å². The molecule has 1 aliphatic heterocycles. The molecular weight excluding hydrogens is 138 g/mol. The van der Waals surface area contributed by atoms with Gasteiger partial charge in [-0.1, -0.05) is 18.7 Å². The van der Waals surface area contributed by atoms with Crippen LogP contribution in [0.4, 0.5) is 4.79 Å². The van der Waals surface area contributed by atoms with E-state index in [-0.39, 0.29) is 11.1 Å². The summed E-state index contributed by atoms with van der Waals surface area (Å²) in [5.41, 5.74) is 0. The number of hydrogen-bond donors (Lipinski definition) is 1. The average Bonchev–Trinajstić information content (AvgIpc) is 2.10. The molecule has 1 N–H and O–H groups in total. The summed E-state index contributed by atoms with van der Waals surface area (Å²) in [5.74, 6) is -0.336. The van der Waals surface area contributed by atoms with Gasteiger partial charge in [0.15, 0.2) is 0 Å². The second-order valence-corrected chi connectivity index (χ2v) is 2.76. The minimum Gasteiger partial charge on any atom is -0.286 e. The monoisotopic (exact) mass is 146 g/mol. The van der Waals surface area contributed by atoms with Gasteiger partial charge in [0.25, 0.3) is 5.24 Å². The van der Waals surface area contributed by atoms with Crippen LogP contribution in [0, 0.1) is 0 Å². The van der Waals surface area contributed by atoms with Crippen molar-refractivity contribution in [1.29, 1.82) is 0 Å². The molecule has 1 saturated heterocycles. The van der Waals surface area contributed by atoms with E-state index in [0.29, 0.717) is 0 Å². The van der Waals surface area contributed by atoms with E-state index < -0.39 is 11.6 Å². The molecule has 50 valence electrons. The third-order valence-electron chi connectivity index (χ3n) is 1.02. The highest BCUT2D eigenvalue weighted by Gasteiger charge is 2.29. The molecule has 1 rings (SSSR count). The molecular formula is C5H7NO2S. The van der Waals surface area contributed by atoms with Gasteiger partial charge in [0.2, 0.25) is 5.91 Å². The number of nitrogens with one attached hydrogen (secondary N) is 1. The molecule has 0 aromatic carbocycles. The van der Waals surface area contributed by atoms with Crippen molar-refractivity contribution >= 4 is 22.9 Å². The van der Waals surface area contributed by atoms with Crippen LogP contribution in [0.25, 0.3) is 0 Å². The molecule has 9 heavy (non-hydrogen) atoms. The molecule has 1 aliphatic rings. The number of carbonyl (C=O) groups is 2. The number of thioether (sulfide) groups is 1. The summed E-state index contributed by atoms with van der Waals surface area (Å²) in [4.78, 5) is 21.3. The second kappa shape index (κ2) is 2.39. The number of imide groups is 1. The summed E-state index contributed by atoms with van der Waals surface area (Å²) < 4.78 is 7.16. The fourth-order valence-corrected chi connectivity index (χ4v) is 1.28. The first kappa shape index (κ1) is 5.29. The van der Waals surface area contributed by atoms with Crippen molar-refractivity contribution in [2.75, 3.05) is 0 Å². The molecule has 0 saturated carbocycles. The maximum atomic E-state index is 10.8. The van der Waals surface area contributed by atoms with Crippen molar-refractivity contribution in [3.05, 3.63) is 0 Å². The molecule has 1 fully saturated rings. The Morgan fingerprint density at radius 2 is 2.56 bits per heavy atom. The van der Waals surface area contributed by atoms with E-state index in [4.69, 9.17) is 1.37 Å². The van der Waals surface area contributed by atoms with Gasteiger partial charge in [0, 0.05) is 1.37 Å². The fraction of sp³-hybridized carbons (Fsp3) is 0.600. The van der Waals surface area contributed by atoms with E-state index in [1.54, 1.807) is 6.92 Å². The van der Waals surface area contributed by atoms with Crippen molar-refractivity contribution in [3.63, 3.8) is 0 Å². The Morgan fingerprint density at radius 1 is 1.89 bits per heavy atom. The highest BCUT2D eigenvalue weighted by molar-refractivity contribution is 8.15. The molecule has 0 aliphatic carbocycles. The lowest BCUT2D eigenvalue weighted by atomic mass is 10.3. The van der Waals surface area contributed by atoms with Gasteiger partial charge in [0.05, 0.1) is 5.25 Å². The van der Waals surface area contributed by atoms with E-state index in [1.165, 1.54) is 0 Å². The Hall–Kier alpha value is -0.510. The zero-order valence-electron chi connectivity index (χ0n) is 5.88. The van der Waals surface area contributed by atoms with Gasteiger partial charge in [0.1, 0.15) is 0 Å². The third-order valence-corrected chi connectivity index (χ3v) is 2.08. The normalized spacial score (nSPS) is 31.7. The molecule has 2 amide bonds. The predicted octanol–water partition coefficient (Wildman–Crippen LogP) is 0.748. The molecule has 0 aromatic rings. The van der Waals surface area contributed by atoms with E-state index in [0.717, 1.165) is 11.8 Å². The lowest BCUT2D eigenvalue weighted by Gasteiger charge is -1.94. The van der Waals surface area contributed by atoms with Gasteiger partial charge in [-0.05, 0) is 6.40 Å². The van der Waals surface area contributed by atoms with Gasteiger partial charge in [-0.25, -0.2) is 0 Å². The number of amides is 2. The smallest absolute Gasteiger partial charge is 0.286 e. The number of carbonyl (C=O) groups excluding carboxylic acids is 2. The summed E-state index contributed by atoms with van der Waals surface area (Å²) in [7, 11) is 0. The average molecular weight is 146 g/mol. The van der Waals surface area contributed by atoms with Crippen LogP contribution in [0.15, 0.2) is 0 Å². The third kappa shape index (κ3) is 1.24. The van der Waals surface area contributed by atoms with E-state index in [9.17, 15) is 9.59 Å². The van der Waals surface area contributed by atoms with Crippen LogP contribution in [-0.2, 0) is 4.79 Å². The summed E-state index contributed by atoms with van der Waals surface area (Å²) in [6.07, 6.45) is -0.517. The van der Waals surface area contributed by atoms with E-state index >= 15 is 0 Å². The van der Waals surface area contributed by atoms with Crippen LogP contribution in [0.1, 0.15) is 14.7 Å². The molecule has 2 unspecified atom stereocenters. The Bertz CT molecular complexity index is 182. The first-order valence-corrected chi connectivity index (χ1v) is 3.43. The fourth-order valence-electron chi connectivity index (χ4n) is 0.589. The summed E-state index contributed by atoms with van der Waals surface area (Å²) >= 11 is 0.895. The topological polar surface area (TPSA) is 46.2 Å². The molecule has 3 nitrogen and oxygen atoms in total. The van der Waals surface area contributed by atoms with Crippen molar-refractivity contribution < 1.29 is 11.0 Å². The largest absolute Gasteiger partial charge is 0.286 e. The highest BCUT2D eigenvalue weighted by Crippen LogP contribution is 2.20. The Kier molecular flexibility index (Phi) is 1.40. The zero-order valence-corrected chi connectivity index (χ0v) is 5.70. The lowest BCUT2D eigenvalue weighted by molar-refractivity contribution is -0.119. The van der Waals surface area contributed by atoms with Gasteiger partial charge in [-0.15, -0.1) is 0 Å². The number of rotatable bonds is 1. The van der Waals surface area contributed by atoms with Crippen LogP contribution in [0.2, 0.25) is 0 Å². The van der Waals surface area contributed by atoms with Crippen LogP contribution < -0.4 is 5.32 Å². The van der Waals surface area contributed by atoms with Crippen LogP contribution in [-0.4, -0.2) is 16.4 Å². The number of hydrogen-bond acceptors (Lipinski definition) is 3. The van der Waals surface area contributed by atoms with Gasteiger partial charge >= 0.3 is 0 Å². The molecule has 0 bridgehead atoms. The van der Waals surface area contributed by atoms with E-state index in [2.05, 4.69) is 5.32 Å². The molecule has 4 heteroatoms. The van der Waals surface area contributed by atoms with Crippen LogP contribution >= 0.6 is 11.8 Å². The second-order valence-electron chi connectivity index (χ2n) is 1.65. The minimum atomic E-state index is -0.517. The van der Waals surface area contributed by atoms with Crippen LogP contribution in [0.5, 0.6) is 0 Å². The summed E-state index contributed by atoms with van der Waals surface area (Å²) in [6, 6.07) is 0. The standard InChI is InChI=1S/C5H7NO2S/c1-2-3-4(7)6-5(8)9-3/h3H,2H2,1H3,(H,6,7,8)/i2D. The van der Waals surface area contributed by atoms with Crippen molar-refractivity contribution in [1.82, 2.24) is 5.32 Å². The lowest BCUT2D eigenvalue weighted by Crippen LogP contribution is -2.23. The van der Waals surface area contributed by atoms with E-state index in [1.807, 2.05) is 0 Å². The molecule has 0 spiro atoms. The molecule has 2 atom stereocenters. The van der Waals surface area contributed by atoms with Gasteiger partial charge < -0.3 is 0 Å². The first-order valence-electron chi connectivity index (χ1n) is 3.12. The van der Waals surface area contributed by atoms with Crippen molar-refractivity contribution in [2.45, 2.75) is 18.6 Å². The Morgan fingerprint density at radius 3 is 2.78 bits per heavy atom. The first-order chi connectivity index (χ1) is 4.61. The maximum absolute atomic E-state index is 10.8. The van der Waals surface area contributed by atoms with Crippen molar-refractivity contribution in [2.24, 2.45) is 0 Å². The summed E-state index contributed by atoms with van der Waals surface area (Å²) in [5, 5.41) is 1.27. The zero-order chi connectivity index (χ0) is 7.72. The highest BCUT2D eigenvalue weighted by atomic mass is 32.2. The SMILES string of the molecule is [2H]C(C)C1SC(=O)NC1=O. The molecule has 0 aromatic heterocycles. The maximum Gasteiger partial charge on any atom is 0.286 e. The van der Waals surface area contributed by atoms with Gasteiger partial charge in [-0.3, -0.25) is 14.9 Å². The minimum absolute atomic E-state index is 0.336. The Labute approximate surface area is 58.6 Å². The van der Waals surface area contributed by atoms with Gasteiger partial charge in [-0.2, -0.15) is 0 Å². The molecule has 1 heterocycles.